The first-order chi connectivity index (χ1) is 15.5. The van der Waals surface area contributed by atoms with E-state index >= 15 is 0 Å². The van der Waals surface area contributed by atoms with Gasteiger partial charge in [0.05, 0.1) is 30.4 Å². The predicted molar refractivity (Wildman–Crippen MR) is 122 cm³/mol. The van der Waals surface area contributed by atoms with Gasteiger partial charge in [-0.2, -0.15) is 8.78 Å². The van der Waals surface area contributed by atoms with E-state index in [9.17, 15) is 8.78 Å². The molecule has 4 rings (SSSR count). The van der Waals surface area contributed by atoms with Gasteiger partial charge in [0.1, 0.15) is 11.5 Å². The van der Waals surface area contributed by atoms with Crippen LogP contribution in [0.4, 0.5) is 8.78 Å². The molecule has 32 heavy (non-hydrogen) atoms. The highest BCUT2D eigenvalue weighted by Crippen LogP contribution is 2.36. The van der Waals surface area contributed by atoms with Crippen LogP contribution in [-0.2, 0) is 12.3 Å². The van der Waals surface area contributed by atoms with E-state index in [0.717, 1.165) is 33.4 Å². The highest BCUT2D eigenvalue weighted by atomic mass is 32.2. The van der Waals surface area contributed by atoms with Gasteiger partial charge in [0.15, 0.2) is 11.0 Å². The van der Waals surface area contributed by atoms with Crippen LogP contribution in [-0.4, -0.2) is 27.6 Å². The molecule has 0 amide bonds. The zero-order valence-electron chi connectivity index (χ0n) is 17.5. The van der Waals surface area contributed by atoms with Crippen LogP contribution in [0.5, 0.6) is 5.75 Å². The molecular weight excluding hydrogens is 452 g/mol. The molecule has 0 atom stereocenters. The molecule has 0 fully saturated rings. The maximum atomic E-state index is 12.8. The zero-order valence-corrected chi connectivity index (χ0v) is 19.1. The number of furan rings is 1. The molecule has 4 aromatic rings. The Morgan fingerprint density at radius 3 is 2.56 bits per heavy atom. The van der Waals surface area contributed by atoms with Crippen molar-refractivity contribution in [1.82, 2.24) is 14.8 Å². The van der Waals surface area contributed by atoms with Crippen LogP contribution in [0.2, 0.25) is 0 Å². The summed E-state index contributed by atoms with van der Waals surface area (Å²) in [7, 11) is 1.48. The largest absolute Gasteiger partial charge is 0.496 e. The fourth-order valence-electron chi connectivity index (χ4n) is 3.26. The van der Waals surface area contributed by atoms with Crippen LogP contribution in [0.15, 0.2) is 75.3 Å². The Hall–Kier alpha value is -2.78. The summed E-state index contributed by atoms with van der Waals surface area (Å²) in [5, 5.41) is 9.61. The summed E-state index contributed by atoms with van der Waals surface area (Å²) in [6.07, 6.45) is 1.64. The number of hydrogen-bond donors (Lipinski definition) is 0. The molecule has 0 unspecified atom stereocenters. The van der Waals surface area contributed by atoms with Crippen molar-refractivity contribution < 1.29 is 17.9 Å². The van der Waals surface area contributed by atoms with Gasteiger partial charge >= 0.3 is 0 Å². The van der Waals surface area contributed by atoms with E-state index in [4.69, 9.17) is 9.15 Å². The maximum absolute atomic E-state index is 12.8. The van der Waals surface area contributed by atoms with Crippen LogP contribution >= 0.6 is 23.5 Å². The van der Waals surface area contributed by atoms with Gasteiger partial charge in [0.25, 0.3) is 5.76 Å². The highest BCUT2D eigenvalue weighted by Gasteiger charge is 2.18. The molecule has 0 saturated carbocycles. The van der Waals surface area contributed by atoms with Crippen LogP contribution in [0, 0.1) is 6.92 Å². The average Bonchev–Trinajstić information content (AvgIpc) is 3.39. The third-order valence-corrected chi connectivity index (χ3v) is 6.62. The summed E-state index contributed by atoms with van der Waals surface area (Å²) in [6.45, 7) is 2.51. The third-order valence-electron chi connectivity index (χ3n) is 4.81. The molecule has 5 nitrogen and oxygen atoms in total. The normalized spacial score (nSPS) is 11.3. The molecule has 0 aliphatic rings. The number of methoxy groups -OCH3 is 1. The monoisotopic (exact) mass is 473 g/mol. The molecule has 2 aromatic heterocycles. The Bertz CT molecular complexity index is 1180. The number of thioether (sulfide) groups is 2. The summed E-state index contributed by atoms with van der Waals surface area (Å²) in [5.41, 5.74) is 2.97. The lowest BCUT2D eigenvalue weighted by Gasteiger charge is -2.12. The molecular formula is C23H21F2N3O2S2. The Balaban J connectivity index is 1.60. The van der Waals surface area contributed by atoms with Crippen molar-refractivity contribution in [2.45, 2.75) is 35.0 Å². The van der Waals surface area contributed by atoms with Gasteiger partial charge in [-0.1, -0.05) is 59.9 Å². The van der Waals surface area contributed by atoms with E-state index in [2.05, 4.69) is 26.9 Å². The predicted octanol–water partition coefficient (Wildman–Crippen LogP) is 6.51. The van der Waals surface area contributed by atoms with E-state index in [-0.39, 0.29) is 0 Å². The zero-order chi connectivity index (χ0) is 22.5. The molecule has 0 saturated heterocycles. The topological polar surface area (TPSA) is 53.1 Å². The molecule has 0 spiro atoms. The molecule has 2 aromatic carbocycles. The lowest BCUT2D eigenvalue weighted by Crippen LogP contribution is -2.04. The van der Waals surface area contributed by atoms with E-state index in [1.54, 1.807) is 18.4 Å². The quantitative estimate of drug-likeness (QED) is 0.258. The fraction of sp³-hybridized carbons (Fsp3) is 0.217. The third kappa shape index (κ3) is 5.16. The van der Waals surface area contributed by atoms with E-state index < -0.39 is 5.76 Å². The van der Waals surface area contributed by atoms with Gasteiger partial charge in [0.2, 0.25) is 0 Å². The first-order valence-electron chi connectivity index (χ1n) is 9.81. The number of nitrogens with zero attached hydrogens (tertiary/aromatic N) is 3. The Labute approximate surface area is 193 Å². The van der Waals surface area contributed by atoms with E-state index in [1.807, 2.05) is 37.3 Å². The van der Waals surface area contributed by atoms with Crippen molar-refractivity contribution >= 4 is 23.5 Å². The number of alkyl halides is 2. The Morgan fingerprint density at radius 1 is 1.06 bits per heavy atom. The Morgan fingerprint density at radius 2 is 1.88 bits per heavy atom. The molecule has 2 heterocycles. The van der Waals surface area contributed by atoms with Crippen molar-refractivity contribution in [2.75, 3.05) is 7.11 Å². The van der Waals surface area contributed by atoms with Gasteiger partial charge in [-0.05, 0) is 36.2 Å². The highest BCUT2D eigenvalue weighted by molar-refractivity contribution is 7.99. The number of ether oxygens (including phenoxy) is 1. The minimum Gasteiger partial charge on any atom is -0.496 e. The maximum Gasteiger partial charge on any atom is 0.289 e. The second-order valence-electron chi connectivity index (χ2n) is 6.92. The summed E-state index contributed by atoms with van der Waals surface area (Å²) in [4.78, 5) is 0.418. The van der Waals surface area contributed by atoms with Gasteiger partial charge in [-0.25, -0.2) is 0 Å². The second kappa shape index (κ2) is 10.2. The van der Waals surface area contributed by atoms with E-state index in [1.165, 1.54) is 18.9 Å². The number of aryl methyl sites for hydroxylation is 1. The minimum atomic E-state index is -2.49. The summed E-state index contributed by atoms with van der Waals surface area (Å²) >= 11 is 2.01. The molecule has 0 bridgehead atoms. The molecule has 0 radical (unpaired) electrons. The van der Waals surface area contributed by atoms with Gasteiger partial charge in [-0.3, -0.25) is 4.57 Å². The molecule has 0 aliphatic carbocycles. The van der Waals surface area contributed by atoms with Crippen LogP contribution in [0.3, 0.4) is 0 Å². The SMILES string of the molecule is COc1cc(CSc2nnc(-c3ccoc3C)n2Cc2ccccc2)ccc1SC(F)F. The van der Waals surface area contributed by atoms with Crippen molar-refractivity contribution in [3.8, 4) is 17.1 Å². The summed E-state index contributed by atoms with van der Waals surface area (Å²) in [5.74, 6) is 0.0519. The van der Waals surface area contributed by atoms with Crippen molar-refractivity contribution in [1.29, 1.82) is 0 Å². The van der Waals surface area contributed by atoms with Gasteiger partial charge in [0, 0.05) is 5.75 Å². The number of aromatic nitrogens is 3. The lowest BCUT2D eigenvalue weighted by atomic mass is 10.2. The van der Waals surface area contributed by atoms with Crippen molar-refractivity contribution in [3.05, 3.63) is 77.7 Å². The summed E-state index contributed by atoms with van der Waals surface area (Å²) < 4.78 is 38.3. The van der Waals surface area contributed by atoms with Gasteiger partial charge in [-0.15, -0.1) is 10.2 Å². The lowest BCUT2D eigenvalue weighted by molar-refractivity contribution is 0.251. The molecule has 0 aliphatic heterocycles. The second-order valence-corrected chi connectivity index (χ2v) is 8.90. The smallest absolute Gasteiger partial charge is 0.289 e. The fourth-order valence-corrected chi connectivity index (χ4v) is 4.74. The standard InChI is InChI=1S/C23H21F2N3O2S2/c1-15-18(10-11-30-15)21-26-27-23(28(21)13-16-6-4-3-5-7-16)31-14-17-8-9-20(32-22(24)25)19(12-17)29-2/h3-12,22H,13-14H2,1-2H3. The Kier molecular flexibility index (Phi) is 7.16. The number of hydrogen-bond acceptors (Lipinski definition) is 6. The first kappa shape index (κ1) is 22.4. The average molecular weight is 474 g/mol. The van der Waals surface area contributed by atoms with Crippen LogP contribution < -0.4 is 4.74 Å². The van der Waals surface area contributed by atoms with Crippen molar-refractivity contribution in [3.63, 3.8) is 0 Å². The summed E-state index contributed by atoms with van der Waals surface area (Å²) in [6, 6.07) is 17.3. The number of halogens is 2. The molecule has 166 valence electrons. The van der Waals surface area contributed by atoms with Crippen molar-refractivity contribution in [2.24, 2.45) is 0 Å². The minimum absolute atomic E-state index is 0.418. The van der Waals surface area contributed by atoms with Crippen LogP contribution in [0.25, 0.3) is 11.4 Å². The van der Waals surface area contributed by atoms with Gasteiger partial charge < -0.3 is 9.15 Å². The first-order valence-corrected chi connectivity index (χ1v) is 11.7. The number of benzene rings is 2. The van der Waals surface area contributed by atoms with E-state index in [0.29, 0.717) is 34.7 Å². The molecule has 0 N–H and O–H groups in total. The molecule has 9 heteroatoms. The number of rotatable bonds is 9. The van der Waals surface area contributed by atoms with Crippen LogP contribution in [0.1, 0.15) is 16.9 Å².